The molecular weight excluding hydrogens is 803 g/mol. The number of rotatable bonds is 6. The molecule has 5 heteroatoms. The van der Waals surface area contributed by atoms with Gasteiger partial charge in [-0.05, 0) is 89.0 Å². The summed E-state index contributed by atoms with van der Waals surface area (Å²) >= 11 is 0. The van der Waals surface area contributed by atoms with Gasteiger partial charge in [-0.25, -0.2) is 4.98 Å². The Morgan fingerprint density at radius 2 is 0.788 bits per heavy atom. The Morgan fingerprint density at radius 1 is 0.318 bits per heavy atom. The minimum atomic E-state index is 0.959. The summed E-state index contributed by atoms with van der Waals surface area (Å²) in [6.45, 7) is 0. The number of hydrogen-bond donors (Lipinski definition) is 0. The molecule has 0 amide bonds. The smallest absolute Gasteiger partial charge is 0.146 e. The van der Waals surface area contributed by atoms with Crippen LogP contribution in [0.1, 0.15) is 0 Å². The summed E-state index contributed by atoms with van der Waals surface area (Å²) in [6.07, 6.45) is 0. The van der Waals surface area contributed by atoms with E-state index in [2.05, 4.69) is 243 Å². The molecule has 0 atom stereocenters. The molecule has 0 unspecified atom stereocenters. The fraction of sp³-hybridized carbons (Fsp3) is 0. The summed E-state index contributed by atoms with van der Waals surface area (Å²) < 4.78 is 5.02. The van der Waals surface area contributed by atoms with E-state index in [4.69, 9.17) is 4.98 Å². The van der Waals surface area contributed by atoms with Crippen molar-refractivity contribution in [3.05, 3.63) is 224 Å². The van der Waals surface area contributed by atoms with Crippen molar-refractivity contribution in [1.82, 2.24) is 13.8 Å². The third-order valence-corrected chi connectivity index (χ3v) is 14.0. The number of anilines is 6. The Bertz CT molecular complexity index is 4310. The molecule has 0 radical (unpaired) electrons. The van der Waals surface area contributed by atoms with Crippen molar-refractivity contribution in [3.8, 4) is 0 Å². The van der Waals surface area contributed by atoms with E-state index in [0.717, 1.165) is 61.7 Å². The summed E-state index contributed by atoms with van der Waals surface area (Å²) in [4.78, 5) is 10.8. The summed E-state index contributed by atoms with van der Waals surface area (Å²) in [6, 6.07) is 81.6. The van der Waals surface area contributed by atoms with Crippen LogP contribution in [-0.4, -0.2) is 13.8 Å². The van der Waals surface area contributed by atoms with E-state index in [-0.39, 0.29) is 0 Å². The highest BCUT2D eigenvalue weighted by Gasteiger charge is 2.29. The van der Waals surface area contributed by atoms with Gasteiger partial charge in [0.05, 0.1) is 44.5 Å². The fourth-order valence-corrected chi connectivity index (χ4v) is 11.4. The predicted molar refractivity (Wildman–Crippen MR) is 278 cm³/mol. The molecule has 5 heterocycles. The third-order valence-electron chi connectivity index (χ3n) is 14.0. The van der Waals surface area contributed by atoms with E-state index in [0.29, 0.717) is 0 Å². The molecule has 306 valence electrons. The predicted octanol–water partition coefficient (Wildman–Crippen LogP) is 16.6. The first-order valence-electron chi connectivity index (χ1n) is 22.6. The molecule has 66 heavy (non-hydrogen) atoms. The van der Waals surface area contributed by atoms with Crippen LogP contribution < -0.4 is 9.80 Å². The van der Waals surface area contributed by atoms with Crippen molar-refractivity contribution in [2.75, 3.05) is 9.80 Å². The van der Waals surface area contributed by atoms with Crippen LogP contribution in [0, 0.1) is 0 Å². The van der Waals surface area contributed by atoms with Gasteiger partial charge in [0.25, 0.3) is 0 Å². The van der Waals surface area contributed by atoms with Gasteiger partial charge < -0.3 is 14.2 Å². The number of para-hydroxylation sites is 6. The van der Waals surface area contributed by atoms with Gasteiger partial charge in [0.2, 0.25) is 0 Å². The number of nitrogens with zero attached hydrogens (tertiary/aromatic N) is 5. The molecule has 0 saturated heterocycles. The zero-order valence-electron chi connectivity index (χ0n) is 35.6. The van der Waals surface area contributed by atoms with Gasteiger partial charge in [-0.15, -0.1) is 0 Å². The van der Waals surface area contributed by atoms with E-state index in [1.165, 1.54) is 70.4 Å². The zero-order chi connectivity index (χ0) is 43.0. The number of fused-ring (bicyclic) bond motifs is 15. The largest absolute Gasteiger partial charge is 0.308 e. The molecule has 0 bridgehead atoms. The van der Waals surface area contributed by atoms with Gasteiger partial charge in [0, 0.05) is 65.8 Å². The Labute approximate surface area is 378 Å². The number of aromatic nitrogens is 3. The average molecular weight is 840 g/mol. The third kappa shape index (κ3) is 4.70. The minimum Gasteiger partial charge on any atom is -0.308 e. The standard InChI is InChI=1S/C61H37N5/c1-5-21-40(22-6-1)63(41-23-7-2-8-24-41)52-34-18-33-47-46-31-17-32-48-51-37-53-55(62-61(51)66(56(46)48)57(47)52)54-44-29-15-13-19-38(44)35-49-50-36-39-20-14-16-30-45(39)59(60(50)65(53)58(49)54)64(42-25-9-3-10-26-42)43-27-11-4-12-28-43/h1-37H. The Hall–Kier alpha value is -8.93. The molecule has 0 spiro atoms. The van der Waals surface area contributed by atoms with E-state index in [1.807, 2.05) is 0 Å². The monoisotopic (exact) mass is 839 g/mol. The topological polar surface area (TPSA) is 28.2 Å². The van der Waals surface area contributed by atoms with Crippen molar-refractivity contribution < 1.29 is 0 Å². The van der Waals surface area contributed by atoms with Gasteiger partial charge in [-0.2, -0.15) is 0 Å². The highest BCUT2D eigenvalue weighted by atomic mass is 15.2. The maximum absolute atomic E-state index is 5.97. The van der Waals surface area contributed by atoms with E-state index in [1.54, 1.807) is 0 Å². The maximum atomic E-state index is 5.97. The maximum Gasteiger partial charge on any atom is 0.146 e. The Balaban J connectivity index is 1.15. The summed E-state index contributed by atoms with van der Waals surface area (Å²) in [5, 5.41) is 13.2. The van der Waals surface area contributed by atoms with E-state index < -0.39 is 0 Å². The Kier molecular flexibility index (Phi) is 7.16. The first kappa shape index (κ1) is 35.5. The average Bonchev–Trinajstić information content (AvgIpc) is 4.10. The summed E-state index contributed by atoms with van der Waals surface area (Å²) in [7, 11) is 0. The SMILES string of the molecule is c1ccc(N(c2ccccc2)c2c3ccccc3cc3c4cc5ccccc5c5c6nc7c(cc6n(c23)c45)c2cccc3c4cccc(N(c5ccccc5)c5ccccc5)c4n7c23)cc1. The lowest BCUT2D eigenvalue weighted by molar-refractivity contribution is 1.25. The molecule has 15 aromatic rings. The molecule has 10 aromatic carbocycles. The molecule has 0 aliphatic rings. The van der Waals surface area contributed by atoms with Crippen molar-refractivity contribution in [3.63, 3.8) is 0 Å². The van der Waals surface area contributed by atoms with E-state index >= 15 is 0 Å². The van der Waals surface area contributed by atoms with Crippen molar-refractivity contribution in [2.24, 2.45) is 0 Å². The summed E-state index contributed by atoms with van der Waals surface area (Å²) in [5.41, 5.74) is 14.4. The fourth-order valence-electron chi connectivity index (χ4n) is 11.4. The lowest BCUT2D eigenvalue weighted by atomic mass is 9.98. The van der Waals surface area contributed by atoms with Crippen LogP contribution in [0.25, 0.3) is 98.0 Å². The lowest BCUT2D eigenvalue weighted by Gasteiger charge is -2.28. The second-order valence-electron chi connectivity index (χ2n) is 17.5. The number of hydrogen-bond acceptors (Lipinski definition) is 3. The molecule has 0 aliphatic carbocycles. The summed E-state index contributed by atoms with van der Waals surface area (Å²) in [5.74, 6) is 0. The molecule has 0 saturated carbocycles. The van der Waals surface area contributed by atoms with E-state index in [9.17, 15) is 0 Å². The zero-order valence-corrected chi connectivity index (χ0v) is 35.6. The molecule has 0 N–H and O–H groups in total. The Morgan fingerprint density at radius 3 is 1.41 bits per heavy atom. The van der Waals surface area contributed by atoms with Crippen LogP contribution in [0.3, 0.4) is 0 Å². The van der Waals surface area contributed by atoms with Crippen molar-refractivity contribution in [2.45, 2.75) is 0 Å². The minimum absolute atomic E-state index is 0.959. The quantitative estimate of drug-likeness (QED) is 0.167. The lowest BCUT2D eigenvalue weighted by Crippen LogP contribution is -2.11. The van der Waals surface area contributed by atoms with Crippen molar-refractivity contribution in [1.29, 1.82) is 0 Å². The second kappa shape index (κ2) is 13.3. The van der Waals surface area contributed by atoms with Gasteiger partial charge in [0.15, 0.2) is 0 Å². The molecule has 15 rings (SSSR count). The van der Waals surface area contributed by atoms with Crippen LogP contribution in [0.5, 0.6) is 0 Å². The number of pyridine rings is 1. The molecule has 0 fully saturated rings. The second-order valence-corrected chi connectivity index (χ2v) is 17.5. The first-order valence-corrected chi connectivity index (χ1v) is 22.6. The molecule has 5 aromatic heterocycles. The van der Waals surface area contributed by atoms with Crippen LogP contribution in [0.2, 0.25) is 0 Å². The van der Waals surface area contributed by atoms with Crippen LogP contribution >= 0.6 is 0 Å². The molecule has 5 nitrogen and oxygen atoms in total. The van der Waals surface area contributed by atoms with Crippen LogP contribution in [-0.2, 0) is 0 Å². The normalized spacial score (nSPS) is 12.2. The highest BCUT2D eigenvalue weighted by molar-refractivity contribution is 6.35. The van der Waals surface area contributed by atoms with Gasteiger partial charge >= 0.3 is 0 Å². The molecular formula is C61H37N5. The van der Waals surface area contributed by atoms with Crippen molar-refractivity contribution >= 4 is 132 Å². The van der Waals surface area contributed by atoms with Gasteiger partial charge in [0.1, 0.15) is 5.65 Å². The van der Waals surface area contributed by atoms with Gasteiger partial charge in [-0.3, -0.25) is 4.40 Å². The highest BCUT2D eigenvalue weighted by Crippen LogP contribution is 2.52. The number of benzene rings is 10. The molecule has 0 aliphatic heterocycles. The van der Waals surface area contributed by atoms with Crippen LogP contribution in [0.4, 0.5) is 34.1 Å². The van der Waals surface area contributed by atoms with Crippen LogP contribution in [0.15, 0.2) is 224 Å². The first-order chi connectivity index (χ1) is 32.8. The van der Waals surface area contributed by atoms with Gasteiger partial charge in [-0.1, -0.05) is 152 Å².